The summed E-state index contributed by atoms with van der Waals surface area (Å²) in [5.41, 5.74) is 0.359. The third kappa shape index (κ3) is 6.03. The van der Waals surface area contributed by atoms with E-state index in [2.05, 4.69) is 5.32 Å². The van der Waals surface area contributed by atoms with Crippen molar-refractivity contribution < 1.29 is 24.6 Å². The second kappa shape index (κ2) is 6.83. The third-order valence-corrected chi connectivity index (χ3v) is 2.50. The number of alkyl carbamates (subject to hydrolysis) is 1. The van der Waals surface area contributed by atoms with E-state index in [-0.39, 0.29) is 6.42 Å². The van der Waals surface area contributed by atoms with E-state index in [1.54, 1.807) is 38.1 Å². The van der Waals surface area contributed by atoms with Crippen molar-refractivity contribution in [1.82, 2.24) is 5.32 Å². The van der Waals surface area contributed by atoms with Crippen LogP contribution in [0.5, 0.6) is 0 Å². The van der Waals surface area contributed by atoms with Crippen molar-refractivity contribution in [3.8, 4) is 0 Å². The molecule has 0 aliphatic rings. The maximum atomic E-state index is 11.6. The number of carboxylic acids is 1. The lowest BCUT2D eigenvalue weighted by molar-refractivity contribution is -0.379. The first-order chi connectivity index (χ1) is 9.71. The van der Waals surface area contributed by atoms with Crippen molar-refractivity contribution in [2.75, 3.05) is 0 Å². The lowest BCUT2D eigenvalue weighted by atomic mass is 10.1. The van der Waals surface area contributed by atoms with E-state index in [9.17, 15) is 14.5 Å². The molecule has 0 spiro atoms. The van der Waals surface area contributed by atoms with Gasteiger partial charge in [-0.1, -0.05) is 12.1 Å². The van der Waals surface area contributed by atoms with E-state index in [1.165, 1.54) is 12.1 Å². The highest BCUT2D eigenvalue weighted by Gasteiger charge is 2.24. The quantitative estimate of drug-likeness (QED) is 0.740. The number of carbonyl (C=O) groups excluding carboxylic acids is 1. The van der Waals surface area contributed by atoms with Crippen molar-refractivity contribution in [2.24, 2.45) is 0 Å². The van der Waals surface area contributed by atoms with Crippen LogP contribution in [0.3, 0.4) is 0 Å². The molecule has 0 saturated heterocycles. The van der Waals surface area contributed by atoms with Crippen molar-refractivity contribution in [3.63, 3.8) is 0 Å². The van der Waals surface area contributed by atoms with E-state index >= 15 is 0 Å². The maximum absolute atomic E-state index is 11.6. The fraction of sp³-hybridized carbons (Fsp3) is 0.429. The van der Waals surface area contributed by atoms with Crippen LogP contribution in [0, 0.1) is 4.91 Å². The molecular weight excluding hydrogens is 276 g/mol. The molecule has 1 atom stereocenters. The normalized spacial score (nSPS) is 12.3. The van der Waals surface area contributed by atoms with Gasteiger partial charge in [0.1, 0.15) is 11.6 Å². The van der Waals surface area contributed by atoms with Crippen LogP contribution in [-0.4, -0.2) is 28.8 Å². The fourth-order valence-corrected chi connectivity index (χ4v) is 1.59. The highest BCUT2D eigenvalue weighted by molar-refractivity contribution is 5.80. The van der Waals surface area contributed by atoms with Crippen molar-refractivity contribution in [3.05, 3.63) is 34.7 Å². The number of hydrogen-bond donors (Lipinski definition) is 3. The smallest absolute Gasteiger partial charge is 0.408 e. The first kappa shape index (κ1) is 16.6. The van der Waals surface area contributed by atoms with Crippen molar-refractivity contribution >= 4 is 17.7 Å². The Labute approximate surface area is 122 Å². The molecule has 7 heteroatoms. The van der Waals surface area contributed by atoms with Gasteiger partial charge in [0, 0.05) is 28.6 Å². The number of benzene rings is 1. The largest absolute Gasteiger partial charge is 0.480 e. The molecule has 0 saturated carbocycles. The second-order valence-corrected chi connectivity index (χ2v) is 5.54. The summed E-state index contributed by atoms with van der Waals surface area (Å²) in [6, 6.07) is 5.20. The summed E-state index contributed by atoms with van der Waals surface area (Å²) in [5, 5.41) is 13.2. The zero-order chi connectivity index (χ0) is 16.0. The Morgan fingerprint density at radius 2 is 1.86 bits per heavy atom. The van der Waals surface area contributed by atoms with Crippen LogP contribution in [0.1, 0.15) is 26.3 Å². The van der Waals surface area contributed by atoms with Gasteiger partial charge in [-0.05, 0) is 26.3 Å². The molecule has 0 aromatic heterocycles. The van der Waals surface area contributed by atoms with E-state index in [0.717, 1.165) is 0 Å². The Morgan fingerprint density at radius 3 is 2.29 bits per heavy atom. The van der Waals surface area contributed by atoms with Crippen LogP contribution in [0.15, 0.2) is 24.3 Å². The molecule has 0 radical (unpaired) electrons. The summed E-state index contributed by atoms with van der Waals surface area (Å²) in [4.78, 5) is 33.2. The fourth-order valence-electron chi connectivity index (χ4n) is 1.59. The number of carbonyl (C=O) groups is 2. The molecule has 0 aliphatic heterocycles. The van der Waals surface area contributed by atoms with Crippen LogP contribution in [0.25, 0.3) is 0 Å². The Kier molecular flexibility index (Phi) is 5.40. The lowest BCUT2D eigenvalue weighted by Crippen LogP contribution is -2.55. The number of amides is 1. The van der Waals surface area contributed by atoms with E-state index < -0.39 is 23.7 Å². The minimum Gasteiger partial charge on any atom is -0.480 e. The Hall–Kier alpha value is -2.44. The van der Waals surface area contributed by atoms with Crippen LogP contribution < -0.4 is 10.5 Å². The van der Waals surface area contributed by atoms with Gasteiger partial charge in [0.15, 0.2) is 0 Å². The summed E-state index contributed by atoms with van der Waals surface area (Å²) in [6.07, 6.45) is -0.694. The average molecular weight is 295 g/mol. The average Bonchev–Trinajstić information content (AvgIpc) is 2.36. The predicted octanol–water partition coefficient (Wildman–Crippen LogP) is 0.685. The molecule has 7 nitrogen and oxygen atoms in total. The molecule has 0 unspecified atom stereocenters. The number of carboxylic acid groups (broad SMARTS) is 1. The minimum absolute atomic E-state index is 0.0910. The molecule has 1 amide bonds. The van der Waals surface area contributed by atoms with Gasteiger partial charge in [0.25, 0.3) is 5.69 Å². The number of ether oxygens (including phenoxy) is 1. The van der Waals surface area contributed by atoms with Gasteiger partial charge in [0.2, 0.25) is 0 Å². The molecule has 114 valence electrons. The summed E-state index contributed by atoms with van der Waals surface area (Å²) in [5.74, 6) is -1.16. The van der Waals surface area contributed by atoms with E-state index in [4.69, 9.17) is 9.84 Å². The number of nitroso groups, excluding NO2 is 1. The first-order valence-corrected chi connectivity index (χ1v) is 6.40. The SMILES string of the molecule is CC(C)(C)OC(=O)N[C@@H](Cc1ccc([NH+]=O)cc1)C(=O)O. The molecule has 1 aromatic rings. The minimum atomic E-state index is -1.16. The highest BCUT2D eigenvalue weighted by atomic mass is 16.6. The zero-order valence-electron chi connectivity index (χ0n) is 12.2. The summed E-state index contributed by atoms with van der Waals surface area (Å²) in [6.45, 7) is 5.07. The highest BCUT2D eigenvalue weighted by Crippen LogP contribution is 2.10. The van der Waals surface area contributed by atoms with Crippen molar-refractivity contribution in [1.29, 1.82) is 0 Å². The standard InChI is InChI=1S/C14H18N2O5/c1-14(2,3)21-13(19)15-11(12(17)18)8-9-4-6-10(16-20)7-5-9/h4-7,11H,8H2,1-3H3,(H,15,19)(H,17,18)/p+1/t11-/m0/s1. The Balaban J connectivity index is 2.71. The topological polar surface area (TPSA) is 107 Å². The van der Waals surface area contributed by atoms with Crippen LogP contribution in [0.2, 0.25) is 0 Å². The second-order valence-electron chi connectivity index (χ2n) is 5.54. The Bertz CT molecular complexity index is 519. The lowest BCUT2D eigenvalue weighted by Gasteiger charge is -2.22. The van der Waals surface area contributed by atoms with Gasteiger partial charge in [-0.2, -0.15) is 0 Å². The summed E-state index contributed by atoms with van der Waals surface area (Å²) >= 11 is 0. The van der Waals surface area contributed by atoms with E-state index in [0.29, 0.717) is 11.3 Å². The van der Waals surface area contributed by atoms with Crippen molar-refractivity contribution in [2.45, 2.75) is 38.8 Å². The Morgan fingerprint density at radius 1 is 1.29 bits per heavy atom. The number of rotatable bonds is 5. The molecule has 3 N–H and O–H groups in total. The number of hydrogen-bond acceptors (Lipinski definition) is 4. The van der Waals surface area contributed by atoms with Gasteiger partial charge in [0.05, 0.1) is 0 Å². The molecule has 1 aromatic carbocycles. The molecule has 0 bridgehead atoms. The molecule has 21 heavy (non-hydrogen) atoms. The number of nitrogens with one attached hydrogen (secondary N) is 2. The van der Waals surface area contributed by atoms with Crippen LogP contribution >= 0.6 is 0 Å². The van der Waals surface area contributed by atoms with Gasteiger partial charge in [-0.15, -0.1) is 0 Å². The van der Waals surface area contributed by atoms with Crippen LogP contribution in [0.4, 0.5) is 10.5 Å². The summed E-state index contributed by atoms with van der Waals surface area (Å²) < 4.78 is 5.03. The number of aliphatic carboxylic acids is 1. The maximum Gasteiger partial charge on any atom is 0.408 e. The predicted molar refractivity (Wildman–Crippen MR) is 74.9 cm³/mol. The van der Waals surface area contributed by atoms with Gasteiger partial charge >= 0.3 is 12.1 Å². The molecule has 0 aliphatic carbocycles. The monoisotopic (exact) mass is 295 g/mol. The molecule has 1 rings (SSSR count). The van der Waals surface area contributed by atoms with Gasteiger partial charge in [-0.3, -0.25) is 0 Å². The molecule has 0 fully saturated rings. The summed E-state index contributed by atoms with van der Waals surface area (Å²) in [7, 11) is 0. The third-order valence-electron chi connectivity index (χ3n) is 2.50. The van der Waals surface area contributed by atoms with E-state index in [1.807, 2.05) is 0 Å². The zero-order valence-corrected chi connectivity index (χ0v) is 12.2. The molecular formula is C14H19N2O5+. The first-order valence-electron chi connectivity index (χ1n) is 6.40. The van der Waals surface area contributed by atoms with Gasteiger partial charge in [-0.25, -0.2) is 9.59 Å². The van der Waals surface area contributed by atoms with Gasteiger partial charge < -0.3 is 15.2 Å². The van der Waals surface area contributed by atoms with Crippen LogP contribution in [-0.2, 0) is 16.0 Å². The molecule has 0 heterocycles.